The van der Waals surface area contributed by atoms with Crippen molar-refractivity contribution in [1.82, 2.24) is 5.32 Å². The smallest absolute Gasteiger partial charge is 0.321 e. The molecule has 3 rings (SSSR count). The lowest BCUT2D eigenvalue weighted by atomic mass is 10.2. The van der Waals surface area contributed by atoms with Gasteiger partial charge in [0.25, 0.3) is 0 Å². The van der Waals surface area contributed by atoms with Gasteiger partial charge in [-0.25, -0.2) is 4.79 Å². The molecule has 5 heteroatoms. The summed E-state index contributed by atoms with van der Waals surface area (Å²) in [5.74, 6) is 0.866. The number of carbonyl (C=O) groups is 1. The molecule has 0 spiro atoms. The van der Waals surface area contributed by atoms with E-state index in [1.165, 1.54) is 12.0 Å². The van der Waals surface area contributed by atoms with E-state index in [1.807, 2.05) is 55.5 Å². The standard InChI is InChI=1S/C16H16N2O2S/c1-12-4-2-3-5-15(12)20-21-14-8-6-13(7-9-14)18-11-10-17-16(18)19/h2-9H,10-11H2,1H3,(H,17,19). The molecule has 0 radical (unpaired) electrons. The van der Waals surface area contributed by atoms with Gasteiger partial charge < -0.3 is 9.50 Å². The van der Waals surface area contributed by atoms with Crippen molar-refractivity contribution in [2.45, 2.75) is 11.8 Å². The maximum Gasteiger partial charge on any atom is 0.321 e. The van der Waals surface area contributed by atoms with E-state index >= 15 is 0 Å². The second-order valence-electron chi connectivity index (χ2n) is 4.81. The fourth-order valence-corrected chi connectivity index (χ4v) is 2.76. The molecule has 2 amide bonds. The Morgan fingerprint density at radius 3 is 2.57 bits per heavy atom. The maximum atomic E-state index is 11.6. The summed E-state index contributed by atoms with van der Waals surface area (Å²) < 4.78 is 5.73. The van der Waals surface area contributed by atoms with Crippen molar-refractivity contribution in [3.05, 3.63) is 54.1 Å². The molecule has 2 aromatic carbocycles. The highest BCUT2D eigenvalue weighted by atomic mass is 32.2. The quantitative estimate of drug-likeness (QED) is 0.877. The SMILES string of the molecule is Cc1ccccc1OSc1ccc(N2CCNC2=O)cc1. The van der Waals surface area contributed by atoms with Crippen LogP contribution in [0.4, 0.5) is 10.5 Å². The molecule has 0 aliphatic carbocycles. The van der Waals surface area contributed by atoms with Crippen molar-refractivity contribution >= 4 is 23.8 Å². The Balaban J connectivity index is 1.65. The van der Waals surface area contributed by atoms with Gasteiger partial charge in [0, 0.05) is 23.7 Å². The molecule has 1 heterocycles. The number of hydrogen-bond donors (Lipinski definition) is 1. The molecule has 1 fully saturated rings. The number of anilines is 1. The highest BCUT2D eigenvalue weighted by molar-refractivity contribution is 7.95. The predicted octanol–water partition coefficient (Wildman–Crippen LogP) is 3.61. The van der Waals surface area contributed by atoms with E-state index in [-0.39, 0.29) is 6.03 Å². The number of rotatable bonds is 4. The summed E-state index contributed by atoms with van der Waals surface area (Å²) in [7, 11) is 0. The van der Waals surface area contributed by atoms with Crippen LogP contribution in [-0.4, -0.2) is 19.1 Å². The first kappa shape index (κ1) is 13.8. The largest absolute Gasteiger partial charge is 0.420 e. The Hall–Kier alpha value is -2.14. The van der Waals surface area contributed by atoms with Gasteiger partial charge in [-0.05, 0) is 42.8 Å². The summed E-state index contributed by atoms with van der Waals surface area (Å²) in [5.41, 5.74) is 2.01. The normalized spacial score (nSPS) is 14.1. The van der Waals surface area contributed by atoms with Crippen LogP contribution in [0.2, 0.25) is 0 Å². The van der Waals surface area contributed by atoms with Crippen molar-refractivity contribution in [2.24, 2.45) is 0 Å². The minimum Gasteiger partial charge on any atom is -0.420 e. The molecule has 1 N–H and O–H groups in total. The Kier molecular flexibility index (Phi) is 4.01. The maximum absolute atomic E-state index is 11.6. The zero-order valence-electron chi connectivity index (χ0n) is 11.7. The number of amides is 2. The number of urea groups is 1. The van der Waals surface area contributed by atoms with Gasteiger partial charge >= 0.3 is 6.03 Å². The molecule has 108 valence electrons. The van der Waals surface area contributed by atoms with Gasteiger partial charge in [-0.3, -0.25) is 4.90 Å². The van der Waals surface area contributed by atoms with Gasteiger partial charge in [0.1, 0.15) is 5.75 Å². The van der Waals surface area contributed by atoms with E-state index in [4.69, 9.17) is 4.18 Å². The van der Waals surface area contributed by atoms with Crippen LogP contribution in [0.3, 0.4) is 0 Å². The molecule has 2 aromatic rings. The first-order valence-electron chi connectivity index (χ1n) is 6.79. The third-order valence-corrected chi connectivity index (χ3v) is 4.05. The zero-order chi connectivity index (χ0) is 14.7. The van der Waals surface area contributed by atoms with Crippen LogP contribution in [0, 0.1) is 6.92 Å². The van der Waals surface area contributed by atoms with Gasteiger partial charge in [-0.1, -0.05) is 18.2 Å². The summed E-state index contributed by atoms with van der Waals surface area (Å²) in [6.07, 6.45) is 0. The Morgan fingerprint density at radius 1 is 1.14 bits per heavy atom. The Labute approximate surface area is 128 Å². The van der Waals surface area contributed by atoms with Crippen molar-refractivity contribution in [2.75, 3.05) is 18.0 Å². The van der Waals surface area contributed by atoms with Crippen molar-refractivity contribution in [1.29, 1.82) is 0 Å². The third kappa shape index (κ3) is 3.13. The molecule has 1 saturated heterocycles. The number of para-hydroxylation sites is 1. The molecule has 1 aliphatic rings. The number of nitrogens with one attached hydrogen (secondary N) is 1. The Bertz CT molecular complexity index is 643. The topological polar surface area (TPSA) is 41.6 Å². The first-order chi connectivity index (χ1) is 10.2. The Morgan fingerprint density at radius 2 is 1.90 bits per heavy atom. The van der Waals surface area contributed by atoms with Crippen LogP contribution in [0.1, 0.15) is 5.56 Å². The highest BCUT2D eigenvalue weighted by Gasteiger charge is 2.20. The molecule has 1 aliphatic heterocycles. The summed E-state index contributed by atoms with van der Waals surface area (Å²) in [5, 5.41) is 2.79. The average molecular weight is 300 g/mol. The highest BCUT2D eigenvalue weighted by Crippen LogP contribution is 2.27. The van der Waals surface area contributed by atoms with E-state index < -0.39 is 0 Å². The van der Waals surface area contributed by atoms with Crippen LogP contribution < -0.4 is 14.4 Å². The predicted molar refractivity (Wildman–Crippen MR) is 84.9 cm³/mol. The monoisotopic (exact) mass is 300 g/mol. The number of aryl methyl sites for hydroxylation is 1. The summed E-state index contributed by atoms with van der Waals surface area (Å²) in [4.78, 5) is 14.3. The van der Waals surface area contributed by atoms with Crippen LogP contribution in [0.15, 0.2) is 53.4 Å². The third-order valence-electron chi connectivity index (χ3n) is 3.33. The number of nitrogens with zero attached hydrogens (tertiary/aromatic N) is 1. The summed E-state index contributed by atoms with van der Waals surface area (Å²) >= 11 is 1.32. The lowest BCUT2D eigenvalue weighted by Crippen LogP contribution is -2.27. The van der Waals surface area contributed by atoms with Crippen molar-refractivity contribution < 1.29 is 8.98 Å². The van der Waals surface area contributed by atoms with E-state index in [9.17, 15) is 4.79 Å². The molecule has 4 nitrogen and oxygen atoms in total. The lowest BCUT2D eigenvalue weighted by molar-refractivity contribution is 0.252. The van der Waals surface area contributed by atoms with Gasteiger partial charge in [0.2, 0.25) is 0 Å². The summed E-state index contributed by atoms with van der Waals surface area (Å²) in [6.45, 7) is 3.43. The lowest BCUT2D eigenvalue weighted by Gasteiger charge is -2.14. The molecule has 0 bridgehead atoms. The van der Waals surface area contributed by atoms with Crippen LogP contribution in [0.25, 0.3) is 0 Å². The molecular formula is C16H16N2O2S. The van der Waals surface area contributed by atoms with Gasteiger partial charge in [-0.15, -0.1) is 0 Å². The fraction of sp³-hybridized carbons (Fsp3) is 0.188. The molecule has 21 heavy (non-hydrogen) atoms. The molecule has 0 atom stereocenters. The number of carbonyl (C=O) groups excluding carboxylic acids is 1. The second-order valence-corrected chi connectivity index (χ2v) is 5.61. The fourth-order valence-electron chi connectivity index (χ4n) is 2.14. The summed E-state index contributed by atoms with van der Waals surface area (Å²) in [6, 6.07) is 15.7. The zero-order valence-corrected chi connectivity index (χ0v) is 12.5. The minimum absolute atomic E-state index is 0.0356. The van der Waals surface area contributed by atoms with E-state index in [0.717, 1.165) is 21.9 Å². The van der Waals surface area contributed by atoms with Gasteiger partial charge in [-0.2, -0.15) is 0 Å². The van der Waals surface area contributed by atoms with Gasteiger partial charge in [0.05, 0.1) is 12.0 Å². The van der Waals surface area contributed by atoms with E-state index in [0.29, 0.717) is 13.1 Å². The minimum atomic E-state index is -0.0356. The van der Waals surface area contributed by atoms with Crippen LogP contribution in [-0.2, 0) is 0 Å². The molecular weight excluding hydrogens is 284 g/mol. The van der Waals surface area contributed by atoms with Crippen LogP contribution >= 0.6 is 12.0 Å². The second kappa shape index (κ2) is 6.10. The van der Waals surface area contributed by atoms with Gasteiger partial charge in [0.15, 0.2) is 0 Å². The van der Waals surface area contributed by atoms with Crippen molar-refractivity contribution in [3.63, 3.8) is 0 Å². The van der Waals surface area contributed by atoms with E-state index in [2.05, 4.69) is 5.32 Å². The molecule has 0 aromatic heterocycles. The molecule has 0 unspecified atom stereocenters. The average Bonchev–Trinajstić information content (AvgIpc) is 2.93. The first-order valence-corrected chi connectivity index (χ1v) is 7.54. The number of benzene rings is 2. The van der Waals surface area contributed by atoms with E-state index in [1.54, 1.807) is 4.90 Å². The van der Waals surface area contributed by atoms with Crippen molar-refractivity contribution in [3.8, 4) is 5.75 Å². The molecule has 0 saturated carbocycles. The number of hydrogen-bond acceptors (Lipinski definition) is 3. The van der Waals surface area contributed by atoms with Crippen LogP contribution in [0.5, 0.6) is 5.75 Å².